The van der Waals surface area contributed by atoms with Crippen LogP contribution in [0.5, 0.6) is 0 Å². The van der Waals surface area contributed by atoms with Crippen LogP contribution in [0, 0.1) is 0 Å². The van der Waals surface area contributed by atoms with Crippen molar-refractivity contribution >= 4 is 38.6 Å². The molecular formula is C20H21NO2S2. The maximum absolute atomic E-state index is 12.4. The van der Waals surface area contributed by atoms with Gasteiger partial charge in [-0.15, -0.1) is 0 Å². The molecule has 0 aliphatic heterocycles. The van der Waals surface area contributed by atoms with Crippen LogP contribution in [0.25, 0.3) is 10.9 Å². The van der Waals surface area contributed by atoms with Crippen LogP contribution in [0.3, 0.4) is 0 Å². The van der Waals surface area contributed by atoms with Crippen LogP contribution < -0.4 is 0 Å². The molecule has 3 aromatic rings. The second-order valence-corrected chi connectivity index (χ2v) is 9.04. The summed E-state index contributed by atoms with van der Waals surface area (Å²) in [6.45, 7) is 5.62. The average Bonchev–Trinajstić information content (AvgIpc) is 2.99. The molecule has 0 N–H and O–H groups in total. The third-order valence-electron chi connectivity index (χ3n) is 3.53. The van der Waals surface area contributed by atoms with E-state index in [1.54, 1.807) is 32.4 Å². The van der Waals surface area contributed by atoms with Gasteiger partial charge in [-0.25, -0.2) is 4.79 Å². The van der Waals surface area contributed by atoms with Crippen molar-refractivity contribution in [3.05, 3.63) is 66.4 Å². The molecule has 0 saturated heterocycles. The van der Waals surface area contributed by atoms with Crippen molar-refractivity contribution in [2.75, 3.05) is 0 Å². The molecule has 0 aliphatic carbocycles. The normalized spacial score (nSPS) is 11.6. The minimum atomic E-state index is -0.506. The second kappa shape index (κ2) is 7.58. The summed E-state index contributed by atoms with van der Waals surface area (Å²) in [5.74, 6) is 0.870. The van der Waals surface area contributed by atoms with Crippen LogP contribution in [0.1, 0.15) is 26.3 Å². The Bertz CT molecular complexity index is 866. The van der Waals surface area contributed by atoms with Crippen molar-refractivity contribution < 1.29 is 9.53 Å². The average molecular weight is 372 g/mol. The van der Waals surface area contributed by atoms with Crippen molar-refractivity contribution in [2.24, 2.45) is 0 Å². The Morgan fingerprint density at radius 2 is 1.80 bits per heavy atom. The van der Waals surface area contributed by atoms with Gasteiger partial charge in [0.1, 0.15) is 5.60 Å². The van der Waals surface area contributed by atoms with Crippen molar-refractivity contribution in [3.8, 4) is 0 Å². The highest BCUT2D eigenvalue weighted by molar-refractivity contribution is 8.76. The van der Waals surface area contributed by atoms with E-state index in [9.17, 15) is 4.79 Å². The first kappa shape index (κ1) is 18.0. The largest absolute Gasteiger partial charge is 0.443 e. The number of rotatable bonds is 4. The molecule has 0 fully saturated rings. The lowest BCUT2D eigenvalue weighted by molar-refractivity contribution is 0.0544. The van der Waals surface area contributed by atoms with Crippen LogP contribution in [0.2, 0.25) is 0 Å². The van der Waals surface area contributed by atoms with Crippen molar-refractivity contribution in [1.82, 2.24) is 4.57 Å². The number of carbonyl (C=O) groups excluding carboxylic acids is 1. The number of aromatic nitrogens is 1. The molecule has 3 rings (SSSR count). The highest BCUT2D eigenvalue weighted by atomic mass is 33.1. The van der Waals surface area contributed by atoms with Gasteiger partial charge in [-0.3, -0.25) is 4.57 Å². The smallest absolute Gasteiger partial charge is 0.418 e. The summed E-state index contributed by atoms with van der Waals surface area (Å²) >= 11 is 0. The fraction of sp³-hybridized carbons (Fsp3) is 0.250. The lowest BCUT2D eigenvalue weighted by Crippen LogP contribution is -2.26. The molecule has 130 valence electrons. The Morgan fingerprint density at radius 1 is 1.04 bits per heavy atom. The standard InChI is InChI=1S/C20H21NO2S2/c1-20(2,3)23-19(22)21-13-12-17-15(8-7-11-18(17)21)14-24-25-16-9-5-4-6-10-16/h4-13H,14H2,1-3H3. The number of hydrogen-bond donors (Lipinski definition) is 0. The van der Waals surface area contributed by atoms with Crippen molar-refractivity contribution in [3.63, 3.8) is 0 Å². The third-order valence-corrected chi connectivity index (χ3v) is 5.82. The minimum Gasteiger partial charge on any atom is -0.443 e. The van der Waals surface area contributed by atoms with Crippen LogP contribution in [-0.4, -0.2) is 16.3 Å². The first-order valence-electron chi connectivity index (χ1n) is 8.11. The summed E-state index contributed by atoms with van der Waals surface area (Å²) in [6, 6.07) is 18.4. The van der Waals surface area contributed by atoms with Gasteiger partial charge in [-0.2, -0.15) is 0 Å². The van der Waals surface area contributed by atoms with Gasteiger partial charge in [-0.05, 0) is 50.6 Å². The summed E-state index contributed by atoms with van der Waals surface area (Å²) in [5.41, 5.74) is 1.60. The van der Waals surface area contributed by atoms with E-state index < -0.39 is 5.60 Å². The highest BCUT2D eigenvalue weighted by Crippen LogP contribution is 2.35. The summed E-state index contributed by atoms with van der Waals surface area (Å²) in [6.07, 6.45) is 1.45. The first-order chi connectivity index (χ1) is 11.9. The van der Waals surface area contributed by atoms with Gasteiger partial charge < -0.3 is 4.74 Å². The maximum atomic E-state index is 12.4. The van der Waals surface area contributed by atoms with E-state index in [4.69, 9.17) is 4.74 Å². The number of carbonyl (C=O) groups is 1. The summed E-state index contributed by atoms with van der Waals surface area (Å²) in [5, 5.41) is 1.09. The molecule has 0 radical (unpaired) electrons. The number of nitrogens with zero attached hydrogens (tertiary/aromatic N) is 1. The van der Waals surface area contributed by atoms with E-state index in [1.807, 2.05) is 57.2 Å². The second-order valence-electron chi connectivity index (χ2n) is 6.67. The maximum Gasteiger partial charge on any atom is 0.418 e. The predicted molar refractivity (Wildman–Crippen MR) is 107 cm³/mol. The number of benzene rings is 2. The zero-order valence-electron chi connectivity index (χ0n) is 14.6. The molecule has 0 saturated carbocycles. The van der Waals surface area contributed by atoms with E-state index >= 15 is 0 Å². The van der Waals surface area contributed by atoms with Crippen LogP contribution in [0.15, 0.2) is 65.7 Å². The molecule has 5 heteroatoms. The van der Waals surface area contributed by atoms with Crippen molar-refractivity contribution in [1.29, 1.82) is 0 Å². The van der Waals surface area contributed by atoms with Gasteiger partial charge >= 0.3 is 6.09 Å². The van der Waals surface area contributed by atoms with Gasteiger partial charge in [0.15, 0.2) is 0 Å². The lowest BCUT2D eigenvalue weighted by Gasteiger charge is -2.19. The van der Waals surface area contributed by atoms with Gasteiger partial charge in [0, 0.05) is 22.2 Å². The quantitative estimate of drug-likeness (QED) is 0.499. The van der Waals surface area contributed by atoms with Crippen LogP contribution >= 0.6 is 21.6 Å². The lowest BCUT2D eigenvalue weighted by atomic mass is 10.1. The Hall–Kier alpha value is -1.85. The Balaban J connectivity index is 1.75. The molecule has 0 spiro atoms. The molecular weight excluding hydrogens is 350 g/mol. The Labute approximate surface area is 156 Å². The zero-order valence-corrected chi connectivity index (χ0v) is 16.2. The number of fused-ring (bicyclic) bond motifs is 1. The number of ether oxygens (including phenoxy) is 1. The highest BCUT2D eigenvalue weighted by Gasteiger charge is 2.19. The zero-order chi connectivity index (χ0) is 17.9. The Kier molecular flexibility index (Phi) is 5.45. The monoisotopic (exact) mass is 371 g/mol. The van der Waals surface area contributed by atoms with Gasteiger partial charge in [0.25, 0.3) is 0 Å². The van der Waals surface area contributed by atoms with E-state index in [0.717, 1.165) is 16.7 Å². The van der Waals surface area contributed by atoms with Crippen LogP contribution in [0.4, 0.5) is 4.79 Å². The number of hydrogen-bond acceptors (Lipinski definition) is 4. The summed E-state index contributed by atoms with van der Waals surface area (Å²) in [7, 11) is 3.56. The molecule has 0 aliphatic rings. The summed E-state index contributed by atoms with van der Waals surface area (Å²) in [4.78, 5) is 13.6. The molecule has 0 unspecified atom stereocenters. The fourth-order valence-electron chi connectivity index (χ4n) is 2.46. The van der Waals surface area contributed by atoms with Gasteiger partial charge in [0.2, 0.25) is 0 Å². The molecule has 2 aromatic carbocycles. The van der Waals surface area contributed by atoms with Gasteiger partial charge in [0.05, 0.1) is 5.52 Å². The predicted octanol–water partition coefficient (Wildman–Crippen LogP) is 6.37. The fourth-order valence-corrected chi connectivity index (χ4v) is 4.61. The van der Waals surface area contributed by atoms with Crippen molar-refractivity contribution in [2.45, 2.75) is 37.0 Å². The van der Waals surface area contributed by atoms with Crippen LogP contribution in [-0.2, 0) is 10.5 Å². The molecule has 1 aromatic heterocycles. The summed E-state index contributed by atoms with van der Waals surface area (Å²) < 4.78 is 7.07. The molecule has 3 nitrogen and oxygen atoms in total. The molecule has 0 amide bonds. The molecule has 25 heavy (non-hydrogen) atoms. The minimum absolute atomic E-state index is 0.342. The van der Waals surface area contributed by atoms with E-state index in [2.05, 4.69) is 18.2 Å². The van der Waals surface area contributed by atoms with E-state index in [-0.39, 0.29) is 6.09 Å². The van der Waals surface area contributed by atoms with E-state index in [0.29, 0.717) is 0 Å². The van der Waals surface area contributed by atoms with Gasteiger partial charge in [-0.1, -0.05) is 51.9 Å². The topological polar surface area (TPSA) is 31.2 Å². The molecule has 1 heterocycles. The molecule has 0 atom stereocenters. The third kappa shape index (κ3) is 4.61. The Morgan fingerprint density at radius 3 is 2.52 bits per heavy atom. The SMILES string of the molecule is CC(C)(C)OC(=O)n1ccc2c(CSSc3ccccc3)cccc21. The first-order valence-corrected chi connectivity index (χ1v) is 10.4. The molecule has 0 bridgehead atoms. The van der Waals surface area contributed by atoms with E-state index in [1.165, 1.54) is 10.5 Å².